The summed E-state index contributed by atoms with van der Waals surface area (Å²) in [4.78, 5) is 18.1. The summed E-state index contributed by atoms with van der Waals surface area (Å²) in [6.45, 7) is 6.07. The average molecular weight is 279 g/mol. The molecule has 1 amide bonds. The molecule has 1 aromatic rings. The Morgan fingerprint density at radius 1 is 1.50 bits per heavy atom. The van der Waals surface area contributed by atoms with Gasteiger partial charge in [-0.15, -0.1) is 0 Å². The number of aromatic nitrogens is 1. The normalized spacial score (nSPS) is 13.9. The summed E-state index contributed by atoms with van der Waals surface area (Å²) in [6, 6.07) is 3.39. The number of anilines is 1. The van der Waals surface area contributed by atoms with Crippen molar-refractivity contribution in [2.75, 3.05) is 25.5 Å². The number of hydrogen-bond acceptors (Lipinski definition) is 4. The van der Waals surface area contributed by atoms with E-state index in [-0.39, 0.29) is 12.5 Å². The van der Waals surface area contributed by atoms with E-state index in [1.54, 1.807) is 25.3 Å². The highest BCUT2D eigenvalue weighted by atomic mass is 16.3. The van der Waals surface area contributed by atoms with Crippen LogP contribution in [0.25, 0.3) is 0 Å². The molecule has 1 rings (SSSR count). The van der Waals surface area contributed by atoms with Gasteiger partial charge in [-0.1, -0.05) is 13.8 Å². The SMILES string of the molecule is CC(C)CC(C)(O)CNC(=O)c1ccnc(N(C)C)c1. The molecule has 5 nitrogen and oxygen atoms in total. The molecule has 0 bridgehead atoms. The van der Waals surface area contributed by atoms with Gasteiger partial charge in [0.15, 0.2) is 0 Å². The predicted octanol–water partition coefficient (Wildman–Crippen LogP) is 1.67. The van der Waals surface area contributed by atoms with Gasteiger partial charge >= 0.3 is 0 Å². The smallest absolute Gasteiger partial charge is 0.251 e. The van der Waals surface area contributed by atoms with E-state index in [1.165, 1.54) is 0 Å². The van der Waals surface area contributed by atoms with Crippen LogP contribution in [0, 0.1) is 5.92 Å². The molecule has 20 heavy (non-hydrogen) atoms. The first-order valence-corrected chi connectivity index (χ1v) is 6.85. The Morgan fingerprint density at radius 2 is 2.15 bits per heavy atom. The van der Waals surface area contributed by atoms with Gasteiger partial charge in [0.2, 0.25) is 0 Å². The van der Waals surface area contributed by atoms with E-state index in [0.29, 0.717) is 17.9 Å². The second kappa shape index (κ2) is 6.70. The van der Waals surface area contributed by atoms with Crippen LogP contribution in [0.5, 0.6) is 0 Å². The van der Waals surface area contributed by atoms with E-state index < -0.39 is 5.60 Å². The van der Waals surface area contributed by atoms with Crippen molar-refractivity contribution in [2.45, 2.75) is 32.8 Å². The monoisotopic (exact) mass is 279 g/mol. The lowest BCUT2D eigenvalue weighted by atomic mass is 9.94. The molecule has 5 heteroatoms. The van der Waals surface area contributed by atoms with Crippen LogP contribution in [-0.2, 0) is 0 Å². The molecule has 2 N–H and O–H groups in total. The molecule has 0 spiro atoms. The zero-order chi connectivity index (χ0) is 15.3. The van der Waals surface area contributed by atoms with Gasteiger partial charge in [-0.2, -0.15) is 0 Å². The highest BCUT2D eigenvalue weighted by Crippen LogP contribution is 2.15. The Balaban J connectivity index is 2.65. The molecule has 1 atom stereocenters. The molecule has 0 aliphatic rings. The van der Waals surface area contributed by atoms with E-state index in [9.17, 15) is 9.90 Å². The largest absolute Gasteiger partial charge is 0.388 e. The molecule has 0 aliphatic heterocycles. The fourth-order valence-corrected chi connectivity index (χ4v) is 2.13. The number of nitrogens with one attached hydrogen (secondary N) is 1. The maximum absolute atomic E-state index is 12.1. The maximum atomic E-state index is 12.1. The van der Waals surface area contributed by atoms with Crippen molar-refractivity contribution >= 4 is 11.7 Å². The molecular formula is C15H25N3O2. The topological polar surface area (TPSA) is 65.5 Å². The fraction of sp³-hybridized carbons (Fsp3) is 0.600. The Bertz CT molecular complexity index is 456. The van der Waals surface area contributed by atoms with Crippen molar-refractivity contribution < 1.29 is 9.90 Å². The minimum absolute atomic E-state index is 0.195. The summed E-state index contributed by atoms with van der Waals surface area (Å²) in [5.41, 5.74) is -0.342. The molecule has 1 unspecified atom stereocenters. The molecule has 1 aromatic heterocycles. The number of carbonyl (C=O) groups excluding carboxylic acids is 1. The highest BCUT2D eigenvalue weighted by Gasteiger charge is 2.22. The molecule has 0 saturated heterocycles. The van der Waals surface area contributed by atoms with Crippen LogP contribution in [0.4, 0.5) is 5.82 Å². The van der Waals surface area contributed by atoms with E-state index >= 15 is 0 Å². The Morgan fingerprint density at radius 3 is 2.70 bits per heavy atom. The van der Waals surface area contributed by atoms with Crippen molar-refractivity contribution in [1.29, 1.82) is 0 Å². The number of carbonyl (C=O) groups is 1. The summed E-state index contributed by atoms with van der Waals surface area (Å²) in [6.07, 6.45) is 2.25. The van der Waals surface area contributed by atoms with Gasteiger partial charge < -0.3 is 15.3 Å². The Hall–Kier alpha value is -1.62. The summed E-state index contributed by atoms with van der Waals surface area (Å²) in [5, 5.41) is 13.0. The number of hydrogen-bond donors (Lipinski definition) is 2. The van der Waals surface area contributed by atoms with Crippen LogP contribution in [0.3, 0.4) is 0 Å². The number of nitrogens with zero attached hydrogens (tertiary/aromatic N) is 2. The minimum atomic E-state index is -0.888. The van der Waals surface area contributed by atoms with Crippen molar-refractivity contribution in [2.24, 2.45) is 5.92 Å². The summed E-state index contributed by atoms with van der Waals surface area (Å²) in [5.74, 6) is 0.911. The lowest BCUT2D eigenvalue weighted by Gasteiger charge is -2.25. The summed E-state index contributed by atoms with van der Waals surface area (Å²) in [7, 11) is 3.74. The summed E-state index contributed by atoms with van der Waals surface area (Å²) < 4.78 is 0. The van der Waals surface area contributed by atoms with E-state index in [2.05, 4.69) is 10.3 Å². The fourth-order valence-electron chi connectivity index (χ4n) is 2.13. The first kappa shape index (κ1) is 16.4. The van der Waals surface area contributed by atoms with Gasteiger partial charge in [0, 0.05) is 32.4 Å². The molecule has 0 aliphatic carbocycles. The first-order chi connectivity index (χ1) is 9.21. The molecule has 0 saturated carbocycles. The van der Waals surface area contributed by atoms with Gasteiger partial charge in [0.25, 0.3) is 5.91 Å². The van der Waals surface area contributed by atoms with Crippen molar-refractivity contribution in [3.05, 3.63) is 23.9 Å². The van der Waals surface area contributed by atoms with Crippen LogP contribution in [0.1, 0.15) is 37.6 Å². The van der Waals surface area contributed by atoms with Crippen molar-refractivity contribution in [3.8, 4) is 0 Å². The van der Waals surface area contributed by atoms with E-state index in [1.807, 2.05) is 32.8 Å². The molecule has 0 aromatic carbocycles. The summed E-state index contributed by atoms with van der Waals surface area (Å²) >= 11 is 0. The second-order valence-electron chi connectivity index (χ2n) is 6.07. The van der Waals surface area contributed by atoms with Crippen LogP contribution < -0.4 is 10.2 Å². The first-order valence-electron chi connectivity index (χ1n) is 6.85. The Kier molecular flexibility index (Phi) is 5.51. The van der Waals surface area contributed by atoms with Gasteiger partial charge in [0.05, 0.1) is 5.60 Å². The zero-order valence-electron chi connectivity index (χ0n) is 13.0. The lowest BCUT2D eigenvalue weighted by Crippen LogP contribution is -2.41. The Labute approximate surface area is 121 Å². The van der Waals surface area contributed by atoms with E-state index in [0.717, 1.165) is 5.82 Å². The number of pyridine rings is 1. The van der Waals surface area contributed by atoms with Gasteiger partial charge in [-0.3, -0.25) is 4.79 Å². The van der Waals surface area contributed by atoms with Gasteiger partial charge in [0.1, 0.15) is 5.82 Å². The molecule has 0 radical (unpaired) electrons. The maximum Gasteiger partial charge on any atom is 0.251 e. The third-order valence-electron chi connectivity index (χ3n) is 2.94. The molecule has 0 fully saturated rings. The lowest BCUT2D eigenvalue weighted by molar-refractivity contribution is 0.0368. The average Bonchev–Trinajstić information content (AvgIpc) is 2.34. The minimum Gasteiger partial charge on any atom is -0.388 e. The molecule has 1 heterocycles. The predicted molar refractivity (Wildman–Crippen MR) is 81.0 cm³/mol. The number of rotatable bonds is 6. The van der Waals surface area contributed by atoms with Crippen molar-refractivity contribution in [3.63, 3.8) is 0 Å². The van der Waals surface area contributed by atoms with Crippen LogP contribution in [-0.4, -0.2) is 42.2 Å². The standard InChI is InChI=1S/C15H25N3O2/c1-11(2)9-15(3,20)10-17-14(19)12-6-7-16-13(8-12)18(4)5/h6-8,11,20H,9-10H2,1-5H3,(H,17,19). The number of amides is 1. The van der Waals surface area contributed by atoms with Gasteiger partial charge in [-0.05, 0) is 31.4 Å². The third-order valence-corrected chi connectivity index (χ3v) is 2.94. The van der Waals surface area contributed by atoms with Crippen LogP contribution in [0.2, 0.25) is 0 Å². The third kappa shape index (κ3) is 5.17. The zero-order valence-corrected chi connectivity index (χ0v) is 13.0. The van der Waals surface area contributed by atoms with Crippen LogP contribution >= 0.6 is 0 Å². The van der Waals surface area contributed by atoms with Crippen LogP contribution in [0.15, 0.2) is 18.3 Å². The quantitative estimate of drug-likeness (QED) is 0.831. The second-order valence-corrected chi connectivity index (χ2v) is 6.07. The highest BCUT2D eigenvalue weighted by molar-refractivity contribution is 5.94. The van der Waals surface area contributed by atoms with E-state index in [4.69, 9.17) is 0 Å². The number of aliphatic hydroxyl groups is 1. The molecule has 112 valence electrons. The molecular weight excluding hydrogens is 254 g/mol. The van der Waals surface area contributed by atoms with Gasteiger partial charge in [-0.25, -0.2) is 4.98 Å². The van der Waals surface area contributed by atoms with Crippen molar-refractivity contribution in [1.82, 2.24) is 10.3 Å².